The highest BCUT2D eigenvalue weighted by molar-refractivity contribution is 6.01. The molecule has 2 heteroatoms. The number of hydrogen-bond acceptors (Lipinski definition) is 1. The van der Waals surface area contributed by atoms with Gasteiger partial charge >= 0.3 is 0 Å². The Bertz CT molecular complexity index is 205. The van der Waals surface area contributed by atoms with E-state index in [1.165, 1.54) is 56.2 Å². The highest BCUT2D eigenvalue weighted by atomic mass is 15.3. The van der Waals surface area contributed by atoms with Gasteiger partial charge in [-0.25, -0.2) is 0 Å². The number of nitrogens with zero attached hydrogens (tertiary/aromatic N) is 2. The van der Waals surface area contributed by atoms with Gasteiger partial charge in [0.05, 0.1) is 11.9 Å². The summed E-state index contributed by atoms with van der Waals surface area (Å²) in [6.45, 7) is 4.47. The minimum Gasteiger partial charge on any atom is -0.159 e. The summed E-state index contributed by atoms with van der Waals surface area (Å²) in [7, 11) is 0. The molecule has 0 spiro atoms. The summed E-state index contributed by atoms with van der Waals surface area (Å²) in [4.78, 5) is 0. The molecule has 1 aliphatic rings. The Morgan fingerprint density at radius 3 is 2.27 bits per heavy atom. The zero-order valence-corrected chi connectivity index (χ0v) is 10.1. The summed E-state index contributed by atoms with van der Waals surface area (Å²) >= 11 is 0. The molecule has 0 aromatic rings. The van der Waals surface area contributed by atoms with Crippen LogP contribution in [-0.2, 0) is 0 Å². The van der Waals surface area contributed by atoms with Crippen molar-refractivity contribution < 1.29 is 0 Å². The number of allylic oxidation sites excluding steroid dienone is 1. The third-order valence-corrected chi connectivity index (χ3v) is 2.83. The maximum atomic E-state index is 4.22. The fourth-order valence-electron chi connectivity index (χ4n) is 1.83. The van der Waals surface area contributed by atoms with Crippen LogP contribution in [0.1, 0.15) is 65.2 Å². The molecule has 0 saturated carbocycles. The van der Waals surface area contributed by atoms with Crippen molar-refractivity contribution in [3.05, 3.63) is 11.8 Å². The number of hydrogen-bond donors (Lipinski definition) is 0. The third-order valence-electron chi connectivity index (χ3n) is 2.83. The van der Waals surface area contributed by atoms with Gasteiger partial charge in [-0.15, -0.1) is 0 Å². The van der Waals surface area contributed by atoms with Gasteiger partial charge in [0.15, 0.2) is 0 Å². The zero-order valence-electron chi connectivity index (χ0n) is 10.1. The van der Waals surface area contributed by atoms with Crippen molar-refractivity contribution in [2.45, 2.75) is 65.2 Å². The lowest BCUT2D eigenvalue weighted by Crippen LogP contribution is -2.00. The average Bonchev–Trinajstić information content (AvgIpc) is 2.67. The van der Waals surface area contributed by atoms with Crippen LogP contribution in [0, 0.1) is 0 Å². The largest absolute Gasteiger partial charge is 0.159 e. The van der Waals surface area contributed by atoms with Crippen molar-refractivity contribution in [3.63, 3.8) is 0 Å². The van der Waals surface area contributed by atoms with Crippen LogP contribution in [0.3, 0.4) is 0 Å². The molecule has 1 aliphatic heterocycles. The van der Waals surface area contributed by atoms with E-state index in [-0.39, 0.29) is 0 Å². The molecule has 0 bridgehead atoms. The molecular formula is C13H23N2. The first-order chi connectivity index (χ1) is 7.38. The fourth-order valence-corrected chi connectivity index (χ4v) is 1.83. The minimum absolute atomic E-state index is 1.12. The molecule has 0 atom stereocenters. The first-order valence-electron chi connectivity index (χ1n) is 6.34. The standard InChI is InChI=1S/C13H23N2/c1-3-5-7-9-12-11-14-15-13(12)10-8-6-4-2/h11H,3-10H2,1-2H3. The molecular weight excluding hydrogens is 184 g/mol. The normalized spacial score (nSPS) is 14.8. The molecule has 0 aliphatic carbocycles. The molecule has 15 heavy (non-hydrogen) atoms. The van der Waals surface area contributed by atoms with Crippen LogP contribution in [0.15, 0.2) is 16.9 Å². The van der Waals surface area contributed by atoms with Gasteiger partial charge in [-0.05, 0) is 31.3 Å². The lowest BCUT2D eigenvalue weighted by atomic mass is 10.0. The second kappa shape index (κ2) is 7.49. The highest BCUT2D eigenvalue weighted by Gasteiger charge is 2.12. The van der Waals surface area contributed by atoms with E-state index in [4.69, 9.17) is 0 Å². The van der Waals surface area contributed by atoms with Crippen LogP contribution < -0.4 is 5.43 Å². The highest BCUT2D eigenvalue weighted by Crippen LogP contribution is 2.17. The molecule has 0 unspecified atom stereocenters. The molecule has 1 rings (SSSR count). The van der Waals surface area contributed by atoms with Crippen molar-refractivity contribution >= 4 is 5.71 Å². The molecule has 0 N–H and O–H groups in total. The van der Waals surface area contributed by atoms with Gasteiger partial charge in [-0.1, -0.05) is 39.5 Å². The van der Waals surface area contributed by atoms with Gasteiger partial charge in [0.25, 0.3) is 0 Å². The summed E-state index contributed by atoms with van der Waals surface area (Å²) in [6.07, 6.45) is 12.0. The van der Waals surface area contributed by atoms with Gasteiger partial charge in [0, 0.05) is 0 Å². The quantitative estimate of drug-likeness (QED) is 0.538. The van der Waals surface area contributed by atoms with E-state index in [1.807, 2.05) is 6.20 Å². The molecule has 0 aromatic carbocycles. The monoisotopic (exact) mass is 207 g/mol. The topological polar surface area (TPSA) is 26.5 Å². The Morgan fingerprint density at radius 2 is 1.60 bits per heavy atom. The summed E-state index contributed by atoms with van der Waals surface area (Å²) < 4.78 is 0. The smallest absolute Gasteiger partial charge is 0.0678 e. The van der Waals surface area contributed by atoms with Crippen molar-refractivity contribution in [1.29, 1.82) is 0 Å². The van der Waals surface area contributed by atoms with Crippen LogP contribution in [0.4, 0.5) is 0 Å². The van der Waals surface area contributed by atoms with Crippen molar-refractivity contribution in [2.24, 2.45) is 5.10 Å². The van der Waals surface area contributed by atoms with E-state index in [1.54, 1.807) is 0 Å². The Hall–Kier alpha value is -0.790. The van der Waals surface area contributed by atoms with E-state index >= 15 is 0 Å². The second-order valence-electron chi connectivity index (χ2n) is 4.23. The average molecular weight is 207 g/mol. The molecule has 85 valence electrons. The van der Waals surface area contributed by atoms with Crippen molar-refractivity contribution in [1.82, 2.24) is 5.43 Å². The van der Waals surface area contributed by atoms with E-state index in [0.29, 0.717) is 0 Å². The van der Waals surface area contributed by atoms with E-state index in [2.05, 4.69) is 24.4 Å². The van der Waals surface area contributed by atoms with Crippen LogP contribution >= 0.6 is 0 Å². The molecule has 0 amide bonds. The van der Waals surface area contributed by atoms with Crippen molar-refractivity contribution in [3.8, 4) is 0 Å². The van der Waals surface area contributed by atoms with Crippen LogP contribution in [-0.4, -0.2) is 5.71 Å². The second-order valence-corrected chi connectivity index (χ2v) is 4.23. The SMILES string of the molecule is CCCCCC1=C[N]N=C1CCCCC. The zero-order chi connectivity index (χ0) is 10.9. The predicted molar refractivity (Wildman–Crippen MR) is 65.9 cm³/mol. The Morgan fingerprint density at radius 1 is 0.933 bits per heavy atom. The Balaban J connectivity index is 2.22. The van der Waals surface area contributed by atoms with Gasteiger partial charge in [-0.3, -0.25) is 0 Å². The predicted octanol–water partition coefficient (Wildman–Crippen LogP) is 4.00. The summed E-state index contributed by atoms with van der Waals surface area (Å²) in [5.41, 5.74) is 6.67. The van der Waals surface area contributed by atoms with Gasteiger partial charge in [0.2, 0.25) is 0 Å². The molecule has 1 radical (unpaired) electrons. The van der Waals surface area contributed by atoms with Crippen LogP contribution in [0.5, 0.6) is 0 Å². The number of rotatable bonds is 8. The van der Waals surface area contributed by atoms with Crippen LogP contribution in [0.2, 0.25) is 0 Å². The third kappa shape index (κ3) is 4.50. The molecule has 0 aromatic heterocycles. The molecule has 0 saturated heterocycles. The van der Waals surface area contributed by atoms with Crippen LogP contribution in [0.25, 0.3) is 0 Å². The Labute approximate surface area is 93.8 Å². The maximum Gasteiger partial charge on any atom is 0.0678 e. The van der Waals surface area contributed by atoms with Gasteiger partial charge < -0.3 is 0 Å². The molecule has 2 nitrogen and oxygen atoms in total. The number of unbranched alkanes of at least 4 members (excludes halogenated alkanes) is 4. The Kier molecular flexibility index (Phi) is 6.14. The lowest BCUT2D eigenvalue weighted by Gasteiger charge is -2.04. The summed E-state index contributed by atoms with van der Waals surface area (Å²) in [5, 5.41) is 4.22. The molecule has 0 fully saturated rings. The first kappa shape index (κ1) is 12.3. The minimum atomic E-state index is 1.12. The van der Waals surface area contributed by atoms with Crippen molar-refractivity contribution in [2.75, 3.05) is 0 Å². The summed E-state index contributed by atoms with van der Waals surface area (Å²) in [5.74, 6) is 0. The molecule has 1 heterocycles. The van der Waals surface area contributed by atoms with E-state index in [9.17, 15) is 0 Å². The van der Waals surface area contributed by atoms with E-state index in [0.717, 1.165) is 6.42 Å². The fraction of sp³-hybridized carbons (Fsp3) is 0.769. The summed E-state index contributed by atoms with van der Waals surface area (Å²) in [6, 6.07) is 0. The van der Waals surface area contributed by atoms with Gasteiger partial charge in [0.1, 0.15) is 0 Å². The first-order valence-corrected chi connectivity index (χ1v) is 6.34. The lowest BCUT2D eigenvalue weighted by molar-refractivity contribution is 0.715. The maximum absolute atomic E-state index is 4.22. The van der Waals surface area contributed by atoms with Gasteiger partial charge in [-0.2, -0.15) is 10.5 Å². The van der Waals surface area contributed by atoms with E-state index < -0.39 is 0 Å².